The number of nitrogens with zero attached hydrogens (tertiary/aromatic N) is 1. The van der Waals surface area contributed by atoms with Crippen LogP contribution in [0.25, 0.3) is 0 Å². The van der Waals surface area contributed by atoms with E-state index in [1.165, 1.54) is 11.0 Å². The quantitative estimate of drug-likeness (QED) is 0.797. The van der Waals surface area contributed by atoms with Crippen molar-refractivity contribution in [2.24, 2.45) is 0 Å². The highest BCUT2D eigenvalue weighted by atomic mass is 16.7. The fourth-order valence-electron chi connectivity index (χ4n) is 3.22. The zero-order chi connectivity index (χ0) is 16.7. The summed E-state index contributed by atoms with van der Waals surface area (Å²) in [5.74, 6) is 0. The highest BCUT2D eigenvalue weighted by molar-refractivity contribution is 6.54. The second-order valence-electron chi connectivity index (χ2n) is 7.85. The molecule has 4 heteroatoms. The van der Waals surface area contributed by atoms with Crippen LogP contribution in [-0.4, -0.2) is 42.9 Å². The van der Waals surface area contributed by atoms with Crippen LogP contribution in [0.3, 0.4) is 0 Å². The molecule has 1 aromatic carbocycles. The van der Waals surface area contributed by atoms with E-state index >= 15 is 0 Å². The molecule has 1 atom stereocenters. The molecule has 1 fully saturated rings. The van der Waals surface area contributed by atoms with Crippen LogP contribution in [0, 0.1) is 0 Å². The number of hydrogen-bond donors (Lipinski definition) is 0. The maximum Gasteiger partial charge on any atom is 0.490 e. The van der Waals surface area contributed by atoms with Crippen molar-refractivity contribution in [2.75, 3.05) is 13.6 Å². The molecule has 0 N–H and O–H groups in total. The van der Waals surface area contributed by atoms with Gasteiger partial charge in [0.25, 0.3) is 0 Å². The van der Waals surface area contributed by atoms with E-state index in [1.807, 2.05) is 0 Å². The molecule has 0 amide bonds. The van der Waals surface area contributed by atoms with Gasteiger partial charge in [-0.05, 0) is 58.6 Å². The molecular weight excluding hydrogens is 285 g/mol. The van der Waals surface area contributed by atoms with E-state index in [0.29, 0.717) is 6.04 Å². The van der Waals surface area contributed by atoms with Crippen LogP contribution in [0.15, 0.2) is 41.9 Å². The van der Waals surface area contributed by atoms with Gasteiger partial charge < -0.3 is 9.31 Å². The standard InChI is InChI=1S/C19H28BNO2/c1-18(2)19(3,4)23-20(22-18)16-11-12-21(5)17(14-16)13-15-9-7-6-8-10-15/h6-11,17H,12-14H2,1-5H3. The molecule has 1 saturated heterocycles. The smallest absolute Gasteiger partial charge is 0.400 e. The summed E-state index contributed by atoms with van der Waals surface area (Å²) in [7, 11) is 2.00. The second kappa shape index (κ2) is 6.08. The van der Waals surface area contributed by atoms with Gasteiger partial charge in [0.2, 0.25) is 0 Å². The van der Waals surface area contributed by atoms with Crippen LogP contribution < -0.4 is 0 Å². The predicted molar refractivity (Wildman–Crippen MR) is 95.3 cm³/mol. The maximum absolute atomic E-state index is 6.23. The van der Waals surface area contributed by atoms with Crippen LogP contribution in [-0.2, 0) is 15.7 Å². The Balaban J connectivity index is 1.71. The van der Waals surface area contributed by atoms with Gasteiger partial charge in [-0.15, -0.1) is 0 Å². The van der Waals surface area contributed by atoms with Crippen molar-refractivity contribution in [3.8, 4) is 0 Å². The van der Waals surface area contributed by atoms with Crippen molar-refractivity contribution in [3.63, 3.8) is 0 Å². The SMILES string of the molecule is CN1CC=C(B2OC(C)(C)C(C)(C)O2)CC1Cc1ccccc1. The van der Waals surface area contributed by atoms with E-state index in [1.54, 1.807) is 0 Å². The van der Waals surface area contributed by atoms with Crippen molar-refractivity contribution in [3.05, 3.63) is 47.4 Å². The Kier molecular flexibility index (Phi) is 4.43. The summed E-state index contributed by atoms with van der Waals surface area (Å²) in [6.07, 6.45) is 4.35. The summed E-state index contributed by atoms with van der Waals surface area (Å²) in [4.78, 5) is 2.42. The topological polar surface area (TPSA) is 21.7 Å². The Morgan fingerprint density at radius 3 is 2.30 bits per heavy atom. The minimum absolute atomic E-state index is 0.202. The number of rotatable bonds is 3. The highest BCUT2D eigenvalue weighted by Gasteiger charge is 2.52. The van der Waals surface area contributed by atoms with Gasteiger partial charge in [0.1, 0.15) is 0 Å². The van der Waals surface area contributed by atoms with Crippen molar-refractivity contribution in [2.45, 2.75) is 57.8 Å². The van der Waals surface area contributed by atoms with E-state index in [0.717, 1.165) is 19.4 Å². The third-order valence-corrected chi connectivity index (χ3v) is 5.61. The molecule has 23 heavy (non-hydrogen) atoms. The number of hydrogen-bond acceptors (Lipinski definition) is 3. The first-order valence-electron chi connectivity index (χ1n) is 8.57. The van der Waals surface area contributed by atoms with Gasteiger partial charge in [-0.2, -0.15) is 0 Å². The molecule has 2 aliphatic heterocycles. The van der Waals surface area contributed by atoms with Gasteiger partial charge in [0.15, 0.2) is 0 Å². The first kappa shape index (κ1) is 16.8. The molecule has 2 aliphatic rings. The molecule has 0 aromatic heterocycles. The molecule has 0 bridgehead atoms. The molecular formula is C19H28BNO2. The van der Waals surface area contributed by atoms with Crippen molar-refractivity contribution in [1.29, 1.82) is 0 Å². The largest absolute Gasteiger partial charge is 0.490 e. The fraction of sp³-hybridized carbons (Fsp3) is 0.579. The average Bonchev–Trinajstić information content (AvgIpc) is 2.71. The van der Waals surface area contributed by atoms with E-state index in [4.69, 9.17) is 9.31 Å². The van der Waals surface area contributed by atoms with E-state index in [9.17, 15) is 0 Å². The zero-order valence-electron chi connectivity index (χ0n) is 15.0. The van der Waals surface area contributed by atoms with Crippen molar-refractivity contribution >= 4 is 7.12 Å². The van der Waals surface area contributed by atoms with Gasteiger partial charge in [-0.25, -0.2) is 0 Å². The summed E-state index contributed by atoms with van der Waals surface area (Å²) in [6.45, 7) is 9.42. The summed E-state index contributed by atoms with van der Waals surface area (Å²) < 4.78 is 12.5. The Morgan fingerprint density at radius 1 is 1.09 bits per heavy atom. The summed E-state index contributed by atoms with van der Waals surface area (Å²) in [6, 6.07) is 11.2. The monoisotopic (exact) mass is 313 g/mol. The van der Waals surface area contributed by atoms with Gasteiger partial charge in [0, 0.05) is 12.6 Å². The van der Waals surface area contributed by atoms with Crippen LogP contribution >= 0.6 is 0 Å². The Labute approximate surface area is 140 Å². The first-order valence-corrected chi connectivity index (χ1v) is 8.57. The first-order chi connectivity index (χ1) is 10.8. The predicted octanol–water partition coefficient (Wildman–Crippen LogP) is 3.49. The highest BCUT2D eigenvalue weighted by Crippen LogP contribution is 2.40. The van der Waals surface area contributed by atoms with Gasteiger partial charge in [-0.3, -0.25) is 4.90 Å². The molecule has 0 radical (unpaired) electrons. The molecule has 1 unspecified atom stereocenters. The lowest BCUT2D eigenvalue weighted by Crippen LogP contribution is -2.41. The Bertz CT molecular complexity index is 566. The van der Waals surface area contributed by atoms with Crippen LogP contribution in [0.4, 0.5) is 0 Å². The second-order valence-corrected chi connectivity index (χ2v) is 7.85. The summed E-state index contributed by atoms with van der Waals surface area (Å²) in [5, 5.41) is 0. The molecule has 3 nitrogen and oxygen atoms in total. The van der Waals surface area contributed by atoms with E-state index < -0.39 is 0 Å². The van der Waals surface area contributed by atoms with Gasteiger partial charge >= 0.3 is 7.12 Å². The normalized spacial score (nSPS) is 27.1. The van der Waals surface area contributed by atoms with Crippen LogP contribution in [0.1, 0.15) is 39.7 Å². The number of benzene rings is 1. The maximum atomic E-state index is 6.23. The minimum Gasteiger partial charge on any atom is -0.400 e. The molecule has 3 rings (SSSR count). The Hall–Kier alpha value is -1.10. The van der Waals surface area contributed by atoms with Crippen molar-refractivity contribution in [1.82, 2.24) is 4.90 Å². The lowest BCUT2D eigenvalue weighted by atomic mass is 9.72. The molecule has 0 aliphatic carbocycles. The Morgan fingerprint density at radius 2 is 1.70 bits per heavy atom. The molecule has 0 saturated carbocycles. The fourth-order valence-corrected chi connectivity index (χ4v) is 3.22. The minimum atomic E-state index is -0.267. The molecule has 0 spiro atoms. The summed E-state index contributed by atoms with van der Waals surface area (Å²) in [5.41, 5.74) is 2.15. The lowest BCUT2D eigenvalue weighted by Gasteiger charge is -2.33. The molecule has 1 aromatic rings. The number of likely N-dealkylation sites (N-methyl/N-ethyl adjacent to an activating group) is 1. The van der Waals surface area contributed by atoms with Gasteiger partial charge in [-0.1, -0.05) is 36.4 Å². The van der Waals surface area contributed by atoms with E-state index in [2.05, 4.69) is 76.1 Å². The van der Waals surface area contributed by atoms with Crippen LogP contribution in [0.2, 0.25) is 0 Å². The average molecular weight is 313 g/mol. The lowest BCUT2D eigenvalue weighted by molar-refractivity contribution is 0.00578. The van der Waals surface area contributed by atoms with Crippen molar-refractivity contribution < 1.29 is 9.31 Å². The van der Waals surface area contributed by atoms with Crippen LogP contribution in [0.5, 0.6) is 0 Å². The van der Waals surface area contributed by atoms with E-state index in [-0.39, 0.29) is 18.3 Å². The summed E-state index contributed by atoms with van der Waals surface area (Å²) >= 11 is 0. The third-order valence-electron chi connectivity index (χ3n) is 5.61. The molecule has 124 valence electrons. The van der Waals surface area contributed by atoms with Gasteiger partial charge in [0.05, 0.1) is 11.2 Å². The zero-order valence-corrected chi connectivity index (χ0v) is 15.0. The molecule has 2 heterocycles. The third kappa shape index (κ3) is 3.40.